The molecule has 0 amide bonds. The molecule has 1 aromatic carbocycles. The van der Waals surface area contributed by atoms with Crippen molar-refractivity contribution in [3.63, 3.8) is 0 Å². The summed E-state index contributed by atoms with van der Waals surface area (Å²) in [4.78, 5) is 10.6. The Morgan fingerprint density at radius 3 is 2.50 bits per heavy atom. The summed E-state index contributed by atoms with van der Waals surface area (Å²) in [6.45, 7) is 0. The maximum atomic E-state index is 11.1. The van der Waals surface area contributed by atoms with Crippen LogP contribution in [0, 0.1) is 0 Å². The fraction of sp³-hybridized carbons (Fsp3) is 0.125. The van der Waals surface area contributed by atoms with E-state index in [-0.39, 0.29) is 16.9 Å². The van der Waals surface area contributed by atoms with Crippen molar-refractivity contribution in [1.82, 2.24) is 4.72 Å². The van der Waals surface area contributed by atoms with Crippen LogP contribution in [0.25, 0.3) is 0 Å². The van der Waals surface area contributed by atoms with E-state index in [2.05, 4.69) is 4.72 Å². The van der Waals surface area contributed by atoms with Crippen molar-refractivity contribution in [3.05, 3.63) is 23.8 Å². The van der Waals surface area contributed by atoms with Crippen LogP contribution in [-0.2, 0) is 10.2 Å². The van der Waals surface area contributed by atoms with Gasteiger partial charge in [0, 0.05) is 7.05 Å². The Bertz CT molecular complexity index is 512. The minimum atomic E-state index is -3.66. The Labute approximate surface area is 92.5 Å². The van der Waals surface area contributed by atoms with E-state index in [4.69, 9.17) is 10.8 Å². The van der Waals surface area contributed by atoms with Crippen molar-refractivity contribution in [2.45, 2.75) is 0 Å². The van der Waals surface area contributed by atoms with Gasteiger partial charge in [0.25, 0.3) is 10.2 Å². The molecule has 0 radical (unpaired) electrons. The highest BCUT2D eigenvalue weighted by Crippen LogP contribution is 2.20. The molecule has 0 unspecified atom stereocenters. The summed E-state index contributed by atoms with van der Waals surface area (Å²) < 4.78 is 26.5. The van der Waals surface area contributed by atoms with E-state index >= 15 is 0 Å². The molecular formula is C8H11N3O4S. The fourth-order valence-corrected chi connectivity index (χ4v) is 1.56. The van der Waals surface area contributed by atoms with Crippen molar-refractivity contribution < 1.29 is 18.3 Å². The van der Waals surface area contributed by atoms with Gasteiger partial charge in [-0.25, -0.2) is 9.52 Å². The molecule has 0 spiro atoms. The van der Waals surface area contributed by atoms with Crippen molar-refractivity contribution >= 4 is 27.6 Å². The molecule has 7 nitrogen and oxygen atoms in total. The van der Waals surface area contributed by atoms with E-state index in [0.29, 0.717) is 0 Å². The second-order valence-corrected chi connectivity index (χ2v) is 4.54. The van der Waals surface area contributed by atoms with Gasteiger partial charge in [0.15, 0.2) is 0 Å². The molecule has 5 N–H and O–H groups in total. The molecule has 0 aromatic heterocycles. The van der Waals surface area contributed by atoms with E-state index < -0.39 is 16.2 Å². The van der Waals surface area contributed by atoms with Gasteiger partial charge in [-0.1, -0.05) is 0 Å². The average Bonchev–Trinajstić information content (AvgIpc) is 2.20. The van der Waals surface area contributed by atoms with Gasteiger partial charge in [-0.05, 0) is 18.2 Å². The number of hydrogen-bond donors (Lipinski definition) is 4. The third-order valence-electron chi connectivity index (χ3n) is 1.81. The Morgan fingerprint density at radius 1 is 1.44 bits per heavy atom. The first-order valence-electron chi connectivity index (χ1n) is 4.20. The molecule has 0 aliphatic carbocycles. The summed E-state index contributed by atoms with van der Waals surface area (Å²) in [5.74, 6) is -1.13. The Hall–Kier alpha value is -1.80. The molecule has 88 valence electrons. The molecule has 0 fully saturated rings. The molecule has 0 heterocycles. The number of hydrogen-bond acceptors (Lipinski definition) is 4. The number of nitrogen functional groups attached to an aromatic ring is 1. The zero-order valence-corrected chi connectivity index (χ0v) is 9.21. The third-order valence-corrected chi connectivity index (χ3v) is 2.84. The van der Waals surface area contributed by atoms with Gasteiger partial charge < -0.3 is 10.8 Å². The lowest BCUT2D eigenvalue weighted by molar-refractivity contribution is 0.0697. The number of nitrogens with two attached hydrogens (primary N) is 1. The summed E-state index contributed by atoms with van der Waals surface area (Å²) in [7, 11) is -2.42. The molecule has 8 heteroatoms. The number of nitrogens with one attached hydrogen (secondary N) is 2. The summed E-state index contributed by atoms with van der Waals surface area (Å²) in [6.07, 6.45) is 0. The maximum absolute atomic E-state index is 11.1. The molecule has 0 aliphatic rings. The lowest BCUT2D eigenvalue weighted by atomic mass is 10.2. The second kappa shape index (κ2) is 4.37. The molecule has 0 aliphatic heterocycles. The minimum absolute atomic E-state index is 0.00935. The molecule has 1 rings (SSSR count). The third kappa shape index (κ3) is 2.84. The predicted octanol–water partition coefficient (Wildman–Crippen LogP) is -0.157. The van der Waals surface area contributed by atoms with Gasteiger partial charge in [-0.3, -0.25) is 4.72 Å². The Kier molecular flexibility index (Phi) is 3.35. The summed E-state index contributed by atoms with van der Waals surface area (Å²) in [6, 6.07) is 3.72. The van der Waals surface area contributed by atoms with Crippen molar-refractivity contribution in [3.8, 4) is 0 Å². The molecule has 0 saturated carbocycles. The van der Waals surface area contributed by atoms with Crippen LogP contribution >= 0.6 is 0 Å². The van der Waals surface area contributed by atoms with Crippen LogP contribution in [0.2, 0.25) is 0 Å². The van der Waals surface area contributed by atoms with Crippen molar-refractivity contribution in [1.29, 1.82) is 0 Å². The van der Waals surface area contributed by atoms with E-state index in [1.54, 1.807) is 0 Å². The highest BCUT2D eigenvalue weighted by molar-refractivity contribution is 7.90. The summed E-state index contributed by atoms with van der Waals surface area (Å²) in [5, 5.41) is 8.67. The quantitative estimate of drug-likeness (QED) is 0.549. The molecule has 1 aromatic rings. The van der Waals surface area contributed by atoms with E-state index in [1.165, 1.54) is 25.2 Å². The second-order valence-electron chi connectivity index (χ2n) is 2.92. The first-order valence-corrected chi connectivity index (χ1v) is 5.68. The fourth-order valence-electron chi connectivity index (χ4n) is 0.984. The lowest BCUT2D eigenvalue weighted by Crippen LogP contribution is -2.26. The molecule has 0 atom stereocenters. The van der Waals surface area contributed by atoms with Crippen molar-refractivity contribution in [2.75, 3.05) is 17.5 Å². The number of carboxylic acids is 1. The predicted molar refractivity (Wildman–Crippen MR) is 59.4 cm³/mol. The van der Waals surface area contributed by atoms with Crippen LogP contribution in [0.1, 0.15) is 10.4 Å². The molecule has 16 heavy (non-hydrogen) atoms. The Morgan fingerprint density at radius 2 is 2.06 bits per heavy atom. The number of carbonyl (C=O) groups is 1. The first-order chi connectivity index (χ1) is 7.35. The van der Waals surface area contributed by atoms with Crippen LogP contribution in [0.15, 0.2) is 18.2 Å². The zero-order chi connectivity index (χ0) is 12.3. The van der Waals surface area contributed by atoms with E-state index in [9.17, 15) is 13.2 Å². The molecular weight excluding hydrogens is 234 g/mol. The summed E-state index contributed by atoms with van der Waals surface area (Å²) in [5.41, 5.74) is 5.66. The van der Waals surface area contributed by atoms with Crippen LogP contribution < -0.4 is 15.2 Å². The lowest BCUT2D eigenvalue weighted by Gasteiger charge is -2.09. The van der Waals surface area contributed by atoms with Crippen LogP contribution in [0.3, 0.4) is 0 Å². The Balaban J connectivity index is 3.05. The minimum Gasteiger partial charge on any atom is -0.478 e. The average molecular weight is 245 g/mol. The highest BCUT2D eigenvalue weighted by atomic mass is 32.2. The van der Waals surface area contributed by atoms with Gasteiger partial charge in [0.1, 0.15) is 0 Å². The number of rotatable bonds is 4. The van der Waals surface area contributed by atoms with Crippen LogP contribution in [-0.4, -0.2) is 26.5 Å². The maximum Gasteiger partial charge on any atom is 0.335 e. The number of anilines is 2. The van der Waals surface area contributed by atoms with Crippen molar-refractivity contribution in [2.24, 2.45) is 0 Å². The van der Waals surface area contributed by atoms with Gasteiger partial charge in [-0.2, -0.15) is 8.42 Å². The van der Waals surface area contributed by atoms with Gasteiger partial charge in [0.2, 0.25) is 0 Å². The molecule has 0 saturated heterocycles. The largest absolute Gasteiger partial charge is 0.478 e. The smallest absolute Gasteiger partial charge is 0.335 e. The SMILES string of the molecule is CNS(=O)(=O)Nc1ccc(C(=O)O)cc1N. The van der Waals surface area contributed by atoms with Gasteiger partial charge in [-0.15, -0.1) is 0 Å². The topological polar surface area (TPSA) is 122 Å². The van der Waals surface area contributed by atoms with Crippen LogP contribution in [0.5, 0.6) is 0 Å². The number of aromatic carboxylic acids is 1. The standard InChI is InChI=1S/C8H11N3O4S/c1-10-16(14,15)11-7-3-2-5(8(12)13)4-6(7)9/h2-4,10-11H,9H2,1H3,(H,12,13). The zero-order valence-electron chi connectivity index (χ0n) is 8.39. The van der Waals surface area contributed by atoms with E-state index in [1.807, 2.05) is 4.72 Å². The normalized spacial score (nSPS) is 11.1. The summed E-state index contributed by atoms with van der Waals surface area (Å²) >= 11 is 0. The monoisotopic (exact) mass is 245 g/mol. The highest BCUT2D eigenvalue weighted by Gasteiger charge is 2.11. The van der Waals surface area contributed by atoms with Gasteiger partial charge >= 0.3 is 5.97 Å². The number of benzene rings is 1. The van der Waals surface area contributed by atoms with Gasteiger partial charge in [0.05, 0.1) is 16.9 Å². The van der Waals surface area contributed by atoms with E-state index in [0.717, 1.165) is 0 Å². The first kappa shape index (κ1) is 12.3. The molecule has 0 bridgehead atoms. The number of carboxylic acid groups (broad SMARTS) is 1. The van der Waals surface area contributed by atoms with Crippen LogP contribution in [0.4, 0.5) is 11.4 Å².